The minimum Gasteiger partial charge on any atom is -0.481 e. The molecule has 0 aliphatic heterocycles. The molecule has 20 heavy (non-hydrogen) atoms. The molecule has 0 rings (SSSR count). The van der Waals surface area contributed by atoms with Crippen LogP contribution in [0.5, 0.6) is 0 Å². The van der Waals surface area contributed by atoms with Crippen molar-refractivity contribution in [2.75, 3.05) is 31.8 Å². The van der Waals surface area contributed by atoms with Crippen LogP contribution >= 0.6 is 25.3 Å². The van der Waals surface area contributed by atoms with Crippen molar-refractivity contribution in [1.82, 2.24) is 0 Å². The Labute approximate surface area is 127 Å². The van der Waals surface area contributed by atoms with E-state index in [1.54, 1.807) is 0 Å². The highest BCUT2D eigenvalue weighted by Gasteiger charge is 1.82. The number of thiol groups is 2. The normalized spacial score (nSPS) is 7.25. The molecular formula is C10H20O8S2. The van der Waals surface area contributed by atoms with Crippen molar-refractivity contribution >= 4 is 43.2 Å². The van der Waals surface area contributed by atoms with Gasteiger partial charge in [-0.15, -0.1) is 0 Å². The fourth-order valence-electron chi connectivity index (χ4n) is 0.0833. The minimum atomic E-state index is -0.881. The van der Waals surface area contributed by atoms with Gasteiger partial charge in [0.1, 0.15) is 0 Å². The number of hydrogen-bond donors (Lipinski definition) is 6. The first-order valence-electron chi connectivity index (χ1n) is 4.84. The summed E-state index contributed by atoms with van der Waals surface area (Å²) in [4.78, 5) is 28.4. The summed E-state index contributed by atoms with van der Waals surface area (Å²) in [6.07, 6.45) is 1.11. The fourth-order valence-corrected chi connectivity index (χ4v) is 0.0833. The maximum atomic E-state index is 9.84. The highest BCUT2D eigenvalue weighted by molar-refractivity contribution is 7.81. The van der Waals surface area contributed by atoms with Gasteiger partial charge in [-0.05, 0) is 0 Å². The van der Waals surface area contributed by atoms with Crippen LogP contribution in [0.1, 0.15) is 0 Å². The van der Waals surface area contributed by atoms with E-state index in [4.69, 9.17) is 20.4 Å². The van der Waals surface area contributed by atoms with E-state index in [0.717, 1.165) is 6.08 Å². The van der Waals surface area contributed by atoms with Gasteiger partial charge in [0.25, 0.3) is 0 Å². The number of ether oxygens (including phenoxy) is 1. The third kappa shape index (κ3) is 69.1. The number of carboxylic acid groups (broad SMARTS) is 2. The number of aliphatic hydroxyl groups is 2. The second kappa shape index (κ2) is 26.4. The van der Waals surface area contributed by atoms with Crippen molar-refractivity contribution in [2.24, 2.45) is 0 Å². The van der Waals surface area contributed by atoms with Crippen LogP contribution in [0.25, 0.3) is 0 Å². The smallest absolute Gasteiger partial charge is 0.329 e. The molecule has 0 fully saturated rings. The molecule has 0 amide bonds. The van der Waals surface area contributed by atoms with E-state index in [1.165, 1.54) is 7.11 Å². The predicted octanol–water partition coefficient (Wildman–Crippen LogP) is -0.682. The van der Waals surface area contributed by atoms with Gasteiger partial charge in [0.15, 0.2) is 0 Å². The lowest BCUT2D eigenvalue weighted by Crippen LogP contribution is -1.92. The Balaban J connectivity index is -0.0000000862. The van der Waals surface area contributed by atoms with Gasteiger partial charge in [0.2, 0.25) is 0 Å². The summed E-state index contributed by atoms with van der Waals surface area (Å²) in [6, 6.07) is 0. The maximum Gasteiger partial charge on any atom is 0.329 e. The van der Waals surface area contributed by atoms with Gasteiger partial charge in [-0.1, -0.05) is 6.58 Å². The molecule has 0 saturated carbocycles. The molecule has 0 saturated heterocycles. The molecule has 0 aliphatic carbocycles. The molecule has 0 bridgehead atoms. The topological polar surface area (TPSA) is 141 Å². The van der Waals surface area contributed by atoms with E-state index in [9.17, 15) is 14.4 Å². The number of hydrogen-bond acceptors (Lipinski definition) is 8. The number of methoxy groups -OCH3 is 1. The molecule has 120 valence electrons. The van der Waals surface area contributed by atoms with E-state index in [0.29, 0.717) is 0 Å². The van der Waals surface area contributed by atoms with Crippen molar-refractivity contribution in [3.8, 4) is 0 Å². The SMILES string of the molecule is C=CC(=O)OC.O=C(O)CS.O=C(O)CS.OCCO. The number of aliphatic hydroxyl groups excluding tert-OH is 2. The number of carboxylic acids is 2. The summed E-state index contributed by atoms with van der Waals surface area (Å²) in [5, 5.41) is 30.5. The van der Waals surface area contributed by atoms with Crippen molar-refractivity contribution in [3.63, 3.8) is 0 Å². The summed E-state index contributed by atoms with van der Waals surface area (Å²) in [5.74, 6) is -2.32. The standard InChI is InChI=1S/C4H6O2.2C2H4O2S.C2H6O2/c1-3-4(5)6-2;2*3-2(4)1-5;3-1-2-4/h3H,1H2,2H3;2*5H,1H2,(H,3,4);3-4H,1-2H2. The first kappa shape index (κ1) is 27.2. The lowest BCUT2D eigenvalue weighted by atomic mass is 10.7. The largest absolute Gasteiger partial charge is 0.481 e. The zero-order valence-corrected chi connectivity index (χ0v) is 12.7. The summed E-state index contributed by atoms with van der Waals surface area (Å²) in [7, 11) is 1.31. The first-order valence-corrected chi connectivity index (χ1v) is 6.11. The third-order valence-electron chi connectivity index (χ3n) is 0.738. The van der Waals surface area contributed by atoms with Gasteiger partial charge in [-0.25, -0.2) is 4.79 Å². The molecule has 0 unspecified atom stereocenters. The Morgan fingerprint density at radius 3 is 1.30 bits per heavy atom. The van der Waals surface area contributed by atoms with Gasteiger partial charge >= 0.3 is 17.9 Å². The van der Waals surface area contributed by atoms with Crippen molar-refractivity contribution in [1.29, 1.82) is 0 Å². The summed E-state index contributed by atoms with van der Waals surface area (Å²) in [5.41, 5.74) is 0. The molecule has 4 N–H and O–H groups in total. The fraction of sp³-hybridized carbons (Fsp3) is 0.500. The Kier molecular flexibility index (Phi) is 35.8. The highest BCUT2D eigenvalue weighted by Crippen LogP contribution is 1.68. The van der Waals surface area contributed by atoms with Crippen LogP contribution in [-0.2, 0) is 19.1 Å². The Hall–Kier alpha value is -1.23. The molecule has 0 spiro atoms. The van der Waals surface area contributed by atoms with Crippen LogP contribution in [0.4, 0.5) is 0 Å². The summed E-state index contributed by atoms with van der Waals surface area (Å²) < 4.78 is 4.14. The molecule has 0 aliphatic rings. The van der Waals surface area contributed by atoms with E-state index >= 15 is 0 Å². The van der Waals surface area contributed by atoms with Crippen LogP contribution in [-0.4, -0.2) is 70.2 Å². The molecule has 8 nitrogen and oxygen atoms in total. The van der Waals surface area contributed by atoms with Crippen molar-refractivity contribution in [3.05, 3.63) is 12.7 Å². The number of carbonyl (C=O) groups excluding carboxylic acids is 1. The Bertz CT molecular complexity index is 242. The van der Waals surface area contributed by atoms with E-state index in [1.807, 2.05) is 0 Å². The monoisotopic (exact) mass is 332 g/mol. The number of aliphatic carboxylic acids is 2. The summed E-state index contributed by atoms with van der Waals surface area (Å²) >= 11 is 6.83. The van der Waals surface area contributed by atoms with Crippen LogP contribution in [0.3, 0.4) is 0 Å². The lowest BCUT2D eigenvalue weighted by molar-refractivity contribution is -0.135. The second-order valence-corrected chi connectivity index (χ2v) is 2.91. The first-order chi connectivity index (χ1) is 9.26. The molecule has 0 heterocycles. The van der Waals surface area contributed by atoms with Crippen LogP contribution in [0.2, 0.25) is 0 Å². The van der Waals surface area contributed by atoms with Gasteiger partial charge in [-0.3, -0.25) is 9.59 Å². The van der Waals surface area contributed by atoms with Gasteiger partial charge < -0.3 is 25.2 Å². The lowest BCUT2D eigenvalue weighted by Gasteiger charge is -1.83. The quantitative estimate of drug-likeness (QED) is 0.226. The molecule has 0 aromatic rings. The predicted molar refractivity (Wildman–Crippen MR) is 79.4 cm³/mol. The van der Waals surface area contributed by atoms with E-state index in [-0.39, 0.29) is 24.7 Å². The third-order valence-corrected chi connectivity index (χ3v) is 1.28. The summed E-state index contributed by atoms with van der Waals surface area (Å²) in [6.45, 7) is 2.91. The molecule has 10 heteroatoms. The maximum absolute atomic E-state index is 9.84. The molecule has 0 atom stereocenters. The van der Waals surface area contributed by atoms with E-state index in [2.05, 4.69) is 36.6 Å². The number of carbonyl (C=O) groups is 3. The second-order valence-electron chi connectivity index (χ2n) is 2.28. The number of esters is 1. The van der Waals surface area contributed by atoms with Crippen molar-refractivity contribution < 1.29 is 39.5 Å². The number of rotatable bonds is 4. The van der Waals surface area contributed by atoms with Gasteiger partial charge in [-0.2, -0.15) is 25.3 Å². The average molecular weight is 332 g/mol. The minimum absolute atomic E-state index is 0.0833. The van der Waals surface area contributed by atoms with Crippen LogP contribution < -0.4 is 0 Å². The molecular weight excluding hydrogens is 312 g/mol. The zero-order valence-electron chi connectivity index (χ0n) is 10.9. The van der Waals surface area contributed by atoms with Crippen molar-refractivity contribution in [2.45, 2.75) is 0 Å². The van der Waals surface area contributed by atoms with Crippen LogP contribution in [0, 0.1) is 0 Å². The van der Waals surface area contributed by atoms with Gasteiger partial charge in [0.05, 0.1) is 31.8 Å². The average Bonchev–Trinajstić information content (AvgIpc) is 2.47. The molecule has 0 radical (unpaired) electrons. The van der Waals surface area contributed by atoms with E-state index < -0.39 is 17.9 Å². The Morgan fingerprint density at radius 1 is 1.05 bits per heavy atom. The molecule has 0 aromatic carbocycles. The van der Waals surface area contributed by atoms with Crippen LogP contribution in [0.15, 0.2) is 12.7 Å². The zero-order chi connectivity index (χ0) is 17.0. The van der Waals surface area contributed by atoms with Gasteiger partial charge in [0, 0.05) is 6.08 Å². The molecule has 0 aromatic heterocycles. The Morgan fingerprint density at radius 2 is 1.30 bits per heavy atom. The highest BCUT2D eigenvalue weighted by atomic mass is 32.1.